The van der Waals surface area contributed by atoms with Crippen molar-refractivity contribution >= 4 is 88.7 Å². The van der Waals surface area contributed by atoms with Gasteiger partial charge in [-0.05, 0) is 86.4 Å². The Bertz CT molecular complexity index is 1350. The van der Waals surface area contributed by atoms with Crippen molar-refractivity contribution in [2.24, 2.45) is 0 Å². The Morgan fingerprint density at radius 2 is 1.11 bits per heavy atom. The van der Waals surface area contributed by atoms with Crippen LogP contribution in [0.15, 0.2) is 60.3 Å². The van der Waals surface area contributed by atoms with Crippen LogP contribution in [0.5, 0.6) is 0 Å². The van der Waals surface area contributed by atoms with E-state index in [1.54, 1.807) is 0 Å². The Morgan fingerprint density at radius 1 is 0.667 bits per heavy atom. The van der Waals surface area contributed by atoms with Gasteiger partial charge in [-0.3, -0.25) is 0 Å². The summed E-state index contributed by atoms with van der Waals surface area (Å²) in [7, 11) is 0. The third-order valence-corrected chi connectivity index (χ3v) is 11.6. The second kappa shape index (κ2) is 12.0. The first-order valence-corrected chi connectivity index (χ1v) is 16.5. The Morgan fingerprint density at radius 3 is 1.53 bits per heavy atom. The van der Waals surface area contributed by atoms with Crippen molar-refractivity contribution < 1.29 is 0 Å². The lowest BCUT2D eigenvalue weighted by Gasteiger charge is -2.09. The molecule has 0 aliphatic rings. The zero-order valence-corrected chi connectivity index (χ0v) is 24.9. The van der Waals surface area contributed by atoms with Crippen molar-refractivity contribution in [2.45, 2.75) is 51.4 Å². The lowest BCUT2D eigenvalue weighted by molar-refractivity contribution is 0.755. The molecule has 0 spiro atoms. The average molecular weight is 588 g/mol. The molecular formula is C30H28Cl2S4. The fourth-order valence-corrected chi connectivity index (χ4v) is 9.85. The topological polar surface area (TPSA) is 0 Å². The first-order chi connectivity index (χ1) is 17.6. The van der Waals surface area contributed by atoms with Gasteiger partial charge in [0.1, 0.15) is 0 Å². The molecule has 0 radical (unpaired) electrons. The normalized spacial score (nSPS) is 11.6. The van der Waals surface area contributed by atoms with Gasteiger partial charge in [-0.25, -0.2) is 0 Å². The molecule has 36 heavy (non-hydrogen) atoms. The summed E-state index contributed by atoms with van der Waals surface area (Å²) in [6.07, 6.45) is 12.8. The first kappa shape index (κ1) is 26.2. The molecule has 0 saturated carbocycles. The van der Waals surface area contributed by atoms with Gasteiger partial charge < -0.3 is 0 Å². The van der Waals surface area contributed by atoms with Crippen LogP contribution in [-0.2, 0) is 12.8 Å². The molecule has 0 aliphatic carbocycles. The molecule has 1 aromatic carbocycles. The lowest BCUT2D eigenvalue weighted by atomic mass is 10.0. The molecule has 4 heterocycles. The largest absolute Gasteiger partial charge is 0.143 e. The summed E-state index contributed by atoms with van der Waals surface area (Å²) in [5.74, 6) is 0. The van der Waals surface area contributed by atoms with Gasteiger partial charge in [0.15, 0.2) is 0 Å². The average Bonchev–Trinajstić information content (AvgIpc) is 3.66. The van der Waals surface area contributed by atoms with Gasteiger partial charge in [-0.15, -0.1) is 58.5 Å². The number of fused-ring (bicyclic) bond motifs is 2. The number of aryl methyl sites for hydroxylation is 2. The van der Waals surface area contributed by atoms with E-state index in [1.807, 2.05) is 57.5 Å². The molecule has 186 valence electrons. The molecule has 0 atom stereocenters. The first-order valence-electron chi connectivity index (χ1n) is 12.3. The van der Waals surface area contributed by atoms with Crippen molar-refractivity contribution in [3.05, 3.63) is 80.1 Å². The summed E-state index contributed by atoms with van der Waals surface area (Å²) >= 11 is 20.9. The lowest BCUT2D eigenvalue weighted by Crippen LogP contribution is -1.82. The summed E-state index contributed by atoms with van der Waals surface area (Å²) in [5, 5.41) is 8.88. The number of rotatable bonds is 12. The van der Waals surface area contributed by atoms with Crippen molar-refractivity contribution in [3.63, 3.8) is 0 Å². The van der Waals surface area contributed by atoms with Gasteiger partial charge in [-0.2, -0.15) is 0 Å². The number of allylic oxidation sites excluding steroid dienone is 2. The standard InChI is InChI=1S/C30H28Cl2S4/c1-3-5-7-9-11-23-21(31)17-25(35-23)27-19-13-15-34-30(19)28(20-14-16-33-29(20)27)26-18-22(32)24(36-26)12-10-8-6-4-2/h3-4,13-18H,1-2,5-12H2. The summed E-state index contributed by atoms with van der Waals surface area (Å²) in [6, 6.07) is 8.93. The minimum absolute atomic E-state index is 0.900. The summed E-state index contributed by atoms with van der Waals surface area (Å²) < 4.78 is 2.67. The maximum Gasteiger partial charge on any atom is 0.0551 e. The molecular weight excluding hydrogens is 560 g/mol. The maximum atomic E-state index is 6.74. The fourth-order valence-electron chi connectivity index (χ4n) is 4.68. The summed E-state index contributed by atoms with van der Waals surface area (Å²) in [5.41, 5.74) is 2.66. The molecule has 0 saturated heterocycles. The van der Waals surface area contributed by atoms with Gasteiger partial charge in [-0.1, -0.05) is 35.4 Å². The Kier molecular flexibility index (Phi) is 8.72. The number of hydrogen-bond donors (Lipinski definition) is 0. The molecule has 0 bridgehead atoms. The number of benzene rings is 1. The maximum absolute atomic E-state index is 6.74. The molecule has 0 nitrogen and oxygen atoms in total. The van der Waals surface area contributed by atoms with E-state index in [9.17, 15) is 0 Å². The quantitative estimate of drug-likeness (QED) is 0.101. The smallest absolute Gasteiger partial charge is 0.0551 e. The fraction of sp³-hybridized carbons (Fsp3) is 0.267. The van der Waals surface area contributed by atoms with Crippen LogP contribution in [0.4, 0.5) is 0 Å². The van der Waals surface area contributed by atoms with Crippen LogP contribution < -0.4 is 0 Å². The zero-order chi connectivity index (χ0) is 25.1. The van der Waals surface area contributed by atoms with E-state index in [-0.39, 0.29) is 0 Å². The minimum Gasteiger partial charge on any atom is -0.143 e. The monoisotopic (exact) mass is 586 g/mol. The molecule has 0 amide bonds. The molecule has 0 aliphatic heterocycles. The van der Waals surface area contributed by atoms with E-state index in [0.717, 1.165) is 61.4 Å². The number of hydrogen-bond acceptors (Lipinski definition) is 4. The van der Waals surface area contributed by atoms with Crippen LogP contribution in [0.1, 0.15) is 48.3 Å². The van der Waals surface area contributed by atoms with Gasteiger partial charge >= 0.3 is 0 Å². The number of halogens is 2. The Balaban J connectivity index is 1.56. The van der Waals surface area contributed by atoms with E-state index in [0.29, 0.717) is 0 Å². The summed E-state index contributed by atoms with van der Waals surface area (Å²) in [6.45, 7) is 7.68. The molecule has 0 N–H and O–H groups in total. The summed E-state index contributed by atoms with van der Waals surface area (Å²) in [4.78, 5) is 5.12. The zero-order valence-electron chi connectivity index (χ0n) is 20.1. The van der Waals surface area contributed by atoms with Gasteiger partial charge in [0.05, 0.1) is 10.0 Å². The highest BCUT2D eigenvalue weighted by Crippen LogP contribution is 2.51. The minimum atomic E-state index is 0.900. The van der Waals surface area contributed by atoms with Crippen molar-refractivity contribution in [2.75, 3.05) is 0 Å². The molecule has 0 unspecified atom stereocenters. The van der Waals surface area contributed by atoms with Crippen LogP contribution in [-0.4, -0.2) is 0 Å². The molecule has 6 heteroatoms. The Hall–Kier alpha value is -1.40. The van der Waals surface area contributed by atoms with Crippen LogP contribution in [0, 0.1) is 0 Å². The highest BCUT2D eigenvalue weighted by molar-refractivity contribution is 7.22. The number of thiophene rings is 4. The predicted molar refractivity (Wildman–Crippen MR) is 169 cm³/mol. The second-order valence-corrected chi connectivity index (χ2v) is 13.8. The highest BCUT2D eigenvalue weighted by Gasteiger charge is 2.22. The SMILES string of the molecule is C=CCCCCc1sc(-c2c3ccsc3c(-c3cc(Cl)c(CCCCC=C)s3)c3ccsc23)cc1Cl. The Labute approximate surface area is 239 Å². The number of unbranched alkanes of at least 4 members (excludes halogenated alkanes) is 4. The van der Waals surface area contributed by atoms with E-state index >= 15 is 0 Å². The van der Waals surface area contributed by atoms with Crippen LogP contribution in [0.2, 0.25) is 10.0 Å². The van der Waals surface area contributed by atoms with Crippen molar-refractivity contribution in [1.82, 2.24) is 0 Å². The third kappa shape index (κ3) is 5.27. The molecule has 4 aromatic heterocycles. The van der Waals surface area contributed by atoms with Crippen LogP contribution in [0.3, 0.4) is 0 Å². The van der Waals surface area contributed by atoms with Gasteiger partial charge in [0.25, 0.3) is 0 Å². The van der Waals surface area contributed by atoms with Crippen molar-refractivity contribution in [3.8, 4) is 20.9 Å². The van der Waals surface area contributed by atoms with E-state index in [4.69, 9.17) is 23.2 Å². The molecule has 5 aromatic rings. The van der Waals surface area contributed by atoms with Crippen LogP contribution in [0.25, 0.3) is 41.1 Å². The van der Waals surface area contributed by atoms with Gasteiger partial charge in [0.2, 0.25) is 0 Å². The molecule has 5 rings (SSSR count). The van der Waals surface area contributed by atoms with E-state index < -0.39 is 0 Å². The van der Waals surface area contributed by atoms with E-state index in [1.165, 1.54) is 50.8 Å². The predicted octanol–water partition coefficient (Wildman–Crippen LogP) is 12.7. The second-order valence-electron chi connectivity index (χ2n) is 8.91. The van der Waals surface area contributed by atoms with Gasteiger partial charge in [0, 0.05) is 50.8 Å². The highest BCUT2D eigenvalue weighted by atomic mass is 35.5. The third-order valence-electron chi connectivity index (χ3n) is 6.45. The van der Waals surface area contributed by atoms with Crippen molar-refractivity contribution in [1.29, 1.82) is 0 Å². The van der Waals surface area contributed by atoms with Crippen LogP contribution >= 0.6 is 68.5 Å². The van der Waals surface area contributed by atoms with E-state index in [2.05, 4.69) is 48.2 Å². The molecule has 0 fully saturated rings.